The van der Waals surface area contributed by atoms with Crippen molar-refractivity contribution in [1.82, 2.24) is 0 Å². The molecule has 1 N–H and O–H groups in total. The second-order valence-corrected chi connectivity index (χ2v) is 3.90. The third-order valence-corrected chi connectivity index (χ3v) is 2.28. The highest BCUT2D eigenvalue weighted by Gasteiger charge is 2.07. The lowest BCUT2D eigenvalue weighted by atomic mass is 10.2. The van der Waals surface area contributed by atoms with E-state index in [0.717, 1.165) is 6.42 Å². The molecule has 0 radical (unpaired) electrons. The van der Waals surface area contributed by atoms with E-state index in [1.54, 1.807) is 24.3 Å². The van der Waals surface area contributed by atoms with Gasteiger partial charge in [-0.15, -0.1) is 0 Å². The standard InChI is InChI=1S/C14H19NO4/c1-3-9-19-14(17)11-5-7-12(8-6-11)15-13(16)10-18-4-2/h5-8H,3-4,9-10H2,1-2H3,(H,15,16). The van der Waals surface area contributed by atoms with Crippen molar-refractivity contribution in [3.63, 3.8) is 0 Å². The Kier molecular flexibility index (Phi) is 6.60. The van der Waals surface area contributed by atoms with Crippen LogP contribution < -0.4 is 5.32 Å². The molecule has 0 atom stereocenters. The summed E-state index contributed by atoms with van der Waals surface area (Å²) in [5, 5.41) is 2.67. The molecule has 1 aromatic rings. The smallest absolute Gasteiger partial charge is 0.338 e. The Morgan fingerprint density at radius 3 is 2.42 bits per heavy atom. The summed E-state index contributed by atoms with van der Waals surface area (Å²) in [6, 6.07) is 6.56. The van der Waals surface area contributed by atoms with Gasteiger partial charge < -0.3 is 14.8 Å². The molecule has 0 saturated heterocycles. The molecule has 5 heteroatoms. The summed E-state index contributed by atoms with van der Waals surface area (Å²) in [6.45, 7) is 4.69. The minimum atomic E-state index is -0.353. The molecule has 19 heavy (non-hydrogen) atoms. The highest BCUT2D eigenvalue weighted by molar-refractivity contribution is 5.93. The molecule has 0 fully saturated rings. The maximum Gasteiger partial charge on any atom is 0.338 e. The van der Waals surface area contributed by atoms with Gasteiger partial charge in [0.25, 0.3) is 0 Å². The molecule has 1 aromatic carbocycles. The predicted molar refractivity (Wildman–Crippen MR) is 72.1 cm³/mol. The van der Waals surface area contributed by atoms with Crippen LogP contribution in [0.5, 0.6) is 0 Å². The molecule has 0 aromatic heterocycles. The van der Waals surface area contributed by atoms with Crippen molar-refractivity contribution in [2.45, 2.75) is 20.3 Å². The van der Waals surface area contributed by atoms with Gasteiger partial charge in [-0.2, -0.15) is 0 Å². The van der Waals surface area contributed by atoms with Crippen molar-refractivity contribution in [2.75, 3.05) is 25.1 Å². The van der Waals surface area contributed by atoms with Crippen LogP contribution in [-0.4, -0.2) is 31.7 Å². The highest BCUT2D eigenvalue weighted by Crippen LogP contribution is 2.10. The van der Waals surface area contributed by atoms with Gasteiger partial charge in [0.05, 0.1) is 12.2 Å². The van der Waals surface area contributed by atoms with E-state index in [2.05, 4.69) is 5.32 Å². The van der Waals surface area contributed by atoms with Crippen LogP contribution in [0.4, 0.5) is 5.69 Å². The third-order valence-electron chi connectivity index (χ3n) is 2.28. The average Bonchev–Trinajstić information content (AvgIpc) is 2.43. The zero-order valence-electron chi connectivity index (χ0n) is 11.3. The molecule has 0 unspecified atom stereocenters. The predicted octanol–water partition coefficient (Wildman–Crippen LogP) is 2.23. The van der Waals surface area contributed by atoms with Crippen LogP contribution in [0.1, 0.15) is 30.6 Å². The van der Waals surface area contributed by atoms with Crippen LogP contribution in [0, 0.1) is 0 Å². The molecule has 0 aliphatic carbocycles. The Morgan fingerprint density at radius 2 is 1.84 bits per heavy atom. The SMILES string of the molecule is CCCOC(=O)c1ccc(NC(=O)COCC)cc1. The van der Waals surface area contributed by atoms with Gasteiger partial charge in [0, 0.05) is 12.3 Å². The summed E-state index contributed by atoms with van der Waals surface area (Å²) in [7, 11) is 0. The zero-order chi connectivity index (χ0) is 14.1. The van der Waals surface area contributed by atoms with Gasteiger partial charge >= 0.3 is 5.97 Å². The molecule has 104 valence electrons. The zero-order valence-corrected chi connectivity index (χ0v) is 11.3. The van der Waals surface area contributed by atoms with Crippen molar-refractivity contribution < 1.29 is 19.1 Å². The number of ether oxygens (including phenoxy) is 2. The Labute approximate surface area is 112 Å². The van der Waals surface area contributed by atoms with Gasteiger partial charge in [-0.1, -0.05) is 6.92 Å². The van der Waals surface area contributed by atoms with E-state index in [4.69, 9.17) is 9.47 Å². The first kappa shape index (κ1) is 15.2. The van der Waals surface area contributed by atoms with Crippen LogP contribution in [0.3, 0.4) is 0 Å². The maximum atomic E-state index is 11.5. The first-order chi connectivity index (χ1) is 9.17. The highest BCUT2D eigenvalue weighted by atomic mass is 16.5. The fourth-order valence-corrected chi connectivity index (χ4v) is 1.36. The minimum absolute atomic E-state index is 0.0246. The first-order valence-corrected chi connectivity index (χ1v) is 6.32. The van der Waals surface area contributed by atoms with Crippen LogP contribution in [-0.2, 0) is 14.3 Å². The van der Waals surface area contributed by atoms with Gasteiger partial charge in [0.15, 0.2) is 0 Å². The van der Waals surface area contributed by atoms with E-state index in [9.17, 15) is 9.59 Å². The lowest BCUT2D eigenvalue weighted by molar-refractivity contribution is -0.120. The first-order valence-electron chi connectivity index (χ1n) is 6.32. The van der Waals surface area contributed by atoms with Crippen molar-refractivity contribution in [3.8, 4) is 0 Å². The average molecular weight is 265 g/mol. The number of hydrogen-bond donors (Lipinski definition) is 1. The second kappa shape index (κ2) is 8.26. The summed E-state index contributed by atoms with van der Waals surface area (Å²) in [5.74, 6) is -0.572. The number of nitrogens with one attached hydrogen (secondary N) is 1. The largest absolute Gasteiger partial charge is 0.462 e. The lowest BCUT2D eigenvalue weighted by Gasteiger charge is -2.06. The van der Waals surface area contributed by atoms with Crippen LogP contribution in [0.2, 0.25) is 0 Å². The monoisotopic (exact) mass is 265 g/mol. The molecule has 0 aliphatic heterocycles. The molecule has 0 bridgehead atoms. The molecule has 0 spiro atoms. The van der Waals surface area contributed by atoms with Crippen molar-refractivity contribution in [3.05, 3.63) is 29.8 Å². The molecular weight excluding hydrogens is 246 g/mol. The molecule has 1 amide bonds. The van der Waals surface area contributed by atoms with Crippen LogP contribution in [0.25, 0.3) is 0 Å². The Morgan fingerprint density at radius 1 is 1.16 bits per heavy atom. The molecule has 0 heterocycles. The van der Waals surface area contributed by atoms with Gasteiger partial charge in [-0.05, 0) is 37.6 Å². The molecular formula is C14H19NO4. The number of anilines is 1. The van der Waals surface area contributed by atoms with Crippen LogP contribution in [0.15, 0.2) is 24.3 Å². The fourth-order valence-electron chi connectivity index (χ4n) is 1.36. The third kappa shape index (κ3) is 5.52. The van der Waals surface area contributed by atoms with Crippen molar-refractivity contribution >= 4 is 17.6 Å². The topological polar surface area (TPSA) is 64.6 Å². The minimum Gasteiger partial charge on any atom is -0.462 e. The van der Waals surface area contributed by atoms with E-state index in [1.165, 1.54) is 0 Å². The van der Waals surface area contributed by atoms with Crippen molar-refractivity contribution in [2.24, 2.45) is 0 Å². The Bertz CT molecular complexity index is 414. The number of esters is 1. The quantitative estimate of drug-likeness (QED) is 0.768. The van der Waals surface area contributed by atoms with Crippen molar-refractivity contribution in [1.29, 1.82) is 0 Å². The molecule has 0 saturated carbocycles. The van der Waals surface area contributed by atoms with E-state index in [0.29, 0.717) is 24.5 Å². The van der Waals surface area contributed by atoms with E-state index >= 15 is 0 Å². The normalized spacial score (nSPS) is 10.0. The summed E-state index contributed by atoms with van der Waals surface area (Å²) in [6.07, 6.45) is 0.789. The van der Waals surface area contributed by atoms with Gasteiger partial charge in [-0.3, -0.25) is 4.79 Å². The number of rotatable bonds is 7. The second-order valence-electron chi connectivity index (χ2n) is 3.90. The summed E-state index contributed by atoms with van der Waals surface area (Å²) < 4.78 is 9.99. The molecule has 0 aliphatic rings. The summed E-state index contributed by atoms with van der Waals surface area (Å²) >= 11 is 0. The summed E-state index contributed by atoms with van der Waals surface area (Å²) in [5.41, 5.74) is 1.09. The molecule has 5 nitrogen and oxygen atoms in total. The number of amides is 1. The molecule has 1 rings (SSSR count). The summed E-state index contributed by atoms with van der Waals surface area (Å²) in [4.78, 5) is 23.0. The fraction of sp³-hybridized carbons (Fsp3) is 0.429. The lowest BCUT2D eigenvalue weighted by Crippen LogP contribution is -2.18. The van der Waals surface area contributed by atoms with E-state index in [-0.39, 0.29) is 18.5 Å². The number of benzene rings is 1. The Balaban J connectivity index is 2.51. The van der Waals surface area contributed by atoms with Gasteiger partial charge in [-0.25, -0.2) is 4.79 Å². The van der Waals surface area contributed by atoms with Crippen LogP contribution >= 0.6 is 0 Å². The maximum absolute atomic E-state index is 11.5. The number of hydrogen-bond acceptors (Lipinski definition) is 4. The van der Waals surface area contributed by atoms with Gasteiger partial charge in [0.2, 0.25) is 5.91 Å². The van der Waals surface area contributed by atoms with E-state index in [1.807, 2.05) is 13.8 Å². The van der Waals surface area contributed by atoms with E-state index < -0.39 is 0 Å². The van der Waals surface area contributed by atoms with Gasteiger partial charge in [0.1, 0.15) is 6.61 Å². The number of carbonyl (C=O) groups is 2. The number of carbonyl (C=O) groups excluding carboxylic acids is 2. The Hall–Kier alpha value is -1.88.